The van der Waals surface area contributed by atoms with Gasteiger partial charge in [0, 0.05) is 0 Å². The number of halogens is 4. The van der Waals surface area contributed by atoms with Crippen molar-refractivity contribution in [2.75, 3.05) is 11.1 Å². The van der Waals surface area contributed by atoms with Crippen LogP contribution in [0.5, 0.6) is 11.5 Å². The molecule has 6 rings (SSSR count). The fourth-order valence-electron chi connectivity index (χ4n) is 4.08. The van der Waals surface area contributed by atoms with Gasteiger partial charge in [-0.3, -0.25) is 9.11 Å². The number of fused-ring (bicyclic) bond motifs is 4. The van der Waals surface area contributed by atoms with Crippen molar-refractivity contribution in [3.8, 4) is 23.0 Å². The fourth-order valence-corrected chi connectivity index (χ4v) is 6.46. The molecule has 0 spiro atoms. The predicted molar refractivity (Wildman–Crippen MR) is 150 cm³/mol. The summed E-state index contributed by atoms with van der Waals surface area (Å²) in [5.41, 5.74) is 4.93. The van der Waals surface area contributed by atoms with E-state index in [2.05, 4.69) is 30.2 Å². The van der Waals surface area contributed by atoms with Gasteiger partial charge in [0.1, 0.15) is 26.9 Å². The second-order valence-electron chi connectivity index (χ2n) is 8.31. The molecule has 0 atom stereocenters. The number of hydrogen-bond acceptors (Lipinski definition) is 13. The number of nitrogens with zero attached hydrogens (tertiary/aromatic N) is 5. The van der Waals surface area contributed by atoms with E-state index in [1.807, 2.05) is 0 Å². The van der Waals surface area contributed by atoms with Crippen LogP contribution >= 0.6 is 46.4 Å². The summed E-state index contributed by atoms with van der Waals surface area (Å²) in [5, 5.41) is 1.34. The van der Waals surface area contributed by atoms with Gasteiger partial charge in [0.2, 0.25) is 10.6 Å². The minimum absolute atomic E-state index is 0.0265. The smallest absolute Gasteiger partial charge is 0.300 e. The lowest BCUT2D eigenvalue weighted by atomic mass is 10.1. The van der Waals surface area contributed by atoms with Crippen molar-refractivity contribution in [1.82, 2.24) is 19.9 Å². The van der Waals surface area contributed by atoms with Crippen molar-refractivity contribution in [1.29, 1.82) is 0 Å². The lowest BCUT2D eigenvalue weighted by molar-refractivity contribution is 0.450. The Morgan fingerprint density at radius 3 is 2.14 bits per heavy atom. The number of benzene rings is 3. The molecular formula is C21H9Cl4N7O8S2. The Labute approximate surface area is 253 Å². The molecule has 0 saturated heterocycles. The summed E-state index contributed by atoms with van der Waals surface area (Å²) in [5.74, 6) is -1.42. The van der Waals surface area contributed by atoms with Gasteiger partial charge in [0.05, 0.1) is 16.7 Å². The van der Waals surface area contributed by atoms with Crippen molar-refractivity contribution in [3.63, 3.8) is 0 Å². The Morgan fingerprint density at radius 2 is 1.50 bits per heavy atom. The minimum atomic E-state index is -5.05. The van der Waals surface area contributed by atoms with Gasteiger partial charge in [-0.1, -0.05) is 23.2 Å². The number of nitrogens with two attached hydrogens (primary N) is 1. The van der Waals surface area contributed by atoms with Gasteiger partial charge < -0.3 is 20.2 Å². The molecule has 3 heterocycles. The normalized spacial score (nSPS) is 13.5. The Kier molecular flexibility index (Phi) is 6.63. The summed E-state index contributed by atoms with van der Waals surface area (Å²) in [6.07, 6.45) is 0. The van der Waals surface area contributed by atoms with E-state index in [0.717, 1.165) is 6.07 Å². The maximum atomic E-state index is 12.5. The molecule has 0 saturated carbocycles. The number of rotatable bonds is 3. The van der Waals surface area contributed by atoms with E-state index >= 15 is 0 Å². The van der Waals surface area contributed by atoms with Crippen LogP contribution in [0.4, 0.5) is 23.0 Å². The first-order valence-electron chi connectivity index (χ1n) is 10.9. The van der Waals surface area contributed by atoms with Crippen LogP contribution in [0.25, 0.3) is 22.6 Å². The molecule has 216 valence electrons. The van der Waals surface area contributed by atoms with Crippen LogP contribution in [0.3, 0.4) is 0 Å². The monoisotopic (exact) mass is 691 g/mol. The molecule has 3 aliphatic rings. The number of aromatic nitrogens is 4. The van der Waals surface area contributed by atoms with Crippen LogP contribution in [0, 0.1) is 0 Å². The van der Waals surface area contributed by atoms with Gasteiger partial charge >= 0.3 is 10.1 Å². The van der Waals surface area contributed by atoms with Crippen LogP contribution in [0.1, 0.15) is 0 Å². The van der Waals surface area contributed by atoms with E-state index in [1.165, 1.54) is 18.2 Å². The average molecular weight is 693 g/mol. The molecule has 1 aliphatic carbocycles. The molecule has 2 aliphatic heterocycles. The molecule has 2 aromatic carbocycles. The van der Waals surface area contributed by atoms with Gasteiger partial charge in [0.15, 0.2) is 32.6 Å². The zero-order chi connectivity index (χ0) is 30.3. The molecule has 0 radical (unpaired) electrons. The van der Waals surface area contributed by atoms with E-state index in [0.29, 0.717) is 0 Å². The van der Waals surface area contributed by atoms with Crippen LogP contribution in [-0.4, -0.2) is 45.9 Å². The zero-order valence-electron chi connectivity index (χ0n) is 19.8. The summed E-state index contributed by atoms with van der Waals surface area (Å²) < 4.78 is 80.5. The van der Waals surface area contributed by atoms with E-state index < -0.39 is 35.8 Å². The maximum absolute atomic E-state index is 12.5. The van der Waals surface area contributed by atoms with Crippen molar-refractivity contribution in [2.45, 2.75) is 9.79 Å². The third-order valence-corrected chi connectivity index (χ3v) is 8.58. The lowest BCUT2D eigenvalue weighted by Gasteiger charge is -2.26. The SMILES string of the molecule is Nc1ccc2c(c1S(=O)(=O)O)Oc1c(c(Cl)c3oc4c(S(=O)(=O)O)c(=Nc5nc(Cl)nc(Cl)n5)ccc-4nc3c1Cl)N2. The predicted octanol–water partition coefficient (Wildman–Crippen LogP) is 4.89. The van der Waals surface area contributed by atoms with E-state index in [-0.39, 0.29) is 77.3 Å². The highest BCUT2D eigenvalue weighted by Crippen LogP contribution is 2.55. The lowest BCUT2D eigenvalue weighted by Crippen LogP contribution is -2.18. The number of ether oxygens (including phenoxy) is 1. The second kappa shape index (κ2) is 9.75. The average Bonchev–Trinajstić information content (AvgIpc) is 2.88. The molecule has 42 heavy (non-hydrogen) atoms. The van der Waals surface area contributed by atoms with Gasteiger partial charge in [-0.2, -0.15) is 31.8 Å². The summed E-state index contributed by atoms with van der Waals surface area (Å²) in [6.45, 7) is 0. The van der Waals surface area contributed by atoms with Gasteiger partial charge in [-0.25, -0.2) is 9.98 Å². The summed E-state index contributed by atoms with van der Waals surface area (Å²) in [7, 11) is -9.88. The fraction of sp³-hybridized carbons (Fsp3) is 0. The molecule has 1 aromatic heterocycles. The molecule has 0 amide bonds. The molecule has 0 bridgehead atoms. The number of hydrogen-bond donors (Lipinski definition) is 4. The summed E-state index contributed by atoms with van der Waals surface area (Å²) in [4.78, 5) is 17.9. The highest BCUT2D eigenvalue weighted by Gasteiger charge is 2.34. The van der Waals surface area contributed by atoms with E-state index in [4.69, 9.17) is 61.3 Å². The second-order valence-corrected chi connectivity index (χ2v) is 12.5. The Morgan fingerprint density at radius 1 is 0.833 bits per heavy atom. The first-order chi connectivity index (χ1) is 19.6. The number of nitrogen functional groups attached to an aromatic ring is 1. The number of anilines is 3. The quantitative estimate of drug-likeness (QED) is 0.110. The van der Waals surface area contributed by atoms with Crippen LogP contribution in [0.2, 0.25) is 20.6 Å². The van der Waals surface area contributed by atoms with Crippen LogP contribution < -0.4 is 21.1 Å². The molecule has 5 N–H and O–H groups in total. The van der Waals surface area contributed by atoms with E-state index in [9.17, 15) is 25.9 Å². The van der Waals surface area contributed by atoms with Crippen molar-refractivity contribution in [3.05, 3.63) is 50.2 Å². The van der Waals surface area contributed by atoms with Crippen LogP contribution in [0.15, 0.2) is 43.5 Å². The number of nitrogens with one attached hydrogen (secondary N) is 1. The molecular weight excluding hydrogens is 684 g/mol. The van der Waals surface area contributed by atoms with Crippen molar-refractivity contribution in [2.24, 2.45) is 4.99 Å². The summed E-state index contributed by atoms with van der Waals surface area (Å²) in [6, 6.07) is 5.01. The first kappa shape index (κ1) is 28.6. The van der Waals surface area contributed by atoms with Crippen LogP contribution in [-0.2, 0) is 20.2 Å². The van der Waals surface area contributed by atoms with Crippen molar-refractivity contribution >= 4 is 101 Å². The highest BCUT2D eigenvalue weighted by atomic mass is 35.5. The Hall–Kier alpha value is -3.55. The minimum Gasteiger partial charge on any atom is -0.450 e. The molecule has 15 nitrogen and oxygen atoms in total. The Bertz CT molecular complexity index is 2260. The molecule has 3 aromatic rings. The summed E-state index contributed by atoms with van der Waals surface area (Å²) >= 11 is 24.7. The largest absolute Gasteiger partial charge is 0.450 e. The standard InChI is InChI=1S/C21H9Cl4N7O8S2/c22-9-12-16(10(23)11-15(9)39-13-6(27-11)2-1-5(26)17(13)41(33,34)35)40-14-7(28-12)3-4-8(18(14)42(36,37)38)29-21-31-19(24)30-20(25)32-21/h1-4,27H,26H2,(H,33,34,35)(H,36,37,38). The van der Waals surface area contributed by atoms with Gasteiger partial charge in [0.25, 0.3) is 16.1 Å². The first-order valence-corrected chi connectivity index (χ1v) is 15.3. The van der Waals surface area contributed by atoms with Gasteiger partial charge in [-0.15, -0.1) is 0 Å². The Balaban J connectivity index is 1.64. The molecule has 21 heteroatoms. The third kappa shape index (κ3) is 4.73. The zero-order valence-corrected chi connectivity index (χ0v) is 24.5. The van der Waals surface area contributed by atoms with E-state index in [1.54, 1.807) is 0 Å². The third-order valence-electron chi connectivity index (χ3n) is 5.69. The maximum Gasteiger partial charge on any atom is 0.300 e. The van der Waals surface area contributed by atoms with Gasteiger partial charge in [-0.05, 0) is 47.5 Å². The highest BCUT2D eigenvalue weighted by molar-refractivity contribution is 7.86. The molecule has 0 unspecified atom stereocenters. The molecule has 0 fully saturated rings. The van der Waals surface area contributed by atoms with Crippen molar-refractivity contribution < 1.29 is 35.1 Å². The topological polar surface area (TPSA) is 233 Å².